The summed E-state index contributed by atoms with van der Waals surface area (Å²) in [5.74, 6) is 1.36. The largest absolute Gasteiger partial charge is 0.464 e. The molecule has 1 unspecified atom stereocenters. The molecule has 1 atom stereocenters. The van der Waals surface area contributed by atoms with Gasteiger partial charge in [0.25, 0.3) is 0 Å². The quantitative estimate of drug-likeness (QED) is 0.408. The molecule has 132 valence electrons. The smallest absolute Gasteiger partial charge is 0.151 e. The summed E-state index contributed by atoms with van der Waals surface area (Å²) in [6.45, 7) is 3.11. The third-order valence-electron chi connectivity index (χ3n) is 4.46. The lowest BCUT2D eigenvalue weighted by Crippen LogP contribution is -2.25. The van der Waals surface area contributed by atoms with Crippen LogP contribution in [-0.2, 0) is 0 Å². The van der Waals surface area contributed by atoms with Crippen molar-refractivity contribution in [3.05, 3.63) is 64.8 Å². The third kappa shape index (κ3) is 4.86. The van der Waals surface area contributed by atoms with Crippen molar-refractivity contribution in [2.75, 3.05) is 13.6 Å². The zero-order valence-electron chi connectivity index (χ0n) is 14.7. The van der Waals surface area contributed by atoms with E-state index in [0.717, 1.165) is 34.2 Å². The molecule has 0 aliphatic rings. The van der Waals surface area contributed by atoms with E-state index in [1.54, 1.807) is 6.26 Å². The first-order chi connectivity index (χ1) is 12.2. The molecule has 1 aromatic heterocycles. The molecule has 4 heteroatoms. The van der Waals surface area contributed by atoms with Gasteiger partial charge in [0.1, 0.15) is 5.58 Å². The van der Waals surface area contributed by atoms with Gasteiger partial charge in [0, 0.05) is 29.5 Å². The monoisotopic (exact) mass is 401 g/mol. The van der Waals surface area contributed by atoms with Gasteiger partial charge in [0.05, 0.1) is 6.26 Å². The van der Waals surface area contributed by atoms with Gasteiger partial charge in [-0.3, -0.25) is 0 Å². The molecule has 0 radical (unpaired) electrons. The van der Waals surface area contributed by atoms with Crippen molar-refractivity contribution in [2.24, 2.45) is 0 Å². The van der Waals surface area contributed by atoms with Crippen molar-refractivity contribution in [1.82, 2.24) is 5.06 Å². The van der Waals surface area contributed by atoms with E-state index in [1.807, 2.05) is 36.4 Å². The zero-order chi connectivity index (χ0) is 17.6. The molecule has 25 heavy (non-hydrogen) atoms. The Labute approximate surface area is 157 Å². The summed E-state index contributed by atoms with van der Waals surface area (Å²) in [6, 6.07) is 16.6. The lowest BCUT2D eigenvalue weighted by atomic mass is 9.91. The molecule has 2 aromatic carbocycles. The van der Waals surface area contributed by atoms with E-state index in [-0.39, 0.29) is 0 Å². The van der Waals surface area contributed by atoms with Crippen LogP contribution >= 0.6 is 15.9 Å². The molecule has 3 rings (SSSR count). The van der Waals surface area contributed by atoms with Gasteiger partial charge in [0.15, 0.2) is 5.75 Å². The molecule has 0 amide bonds. The van der Waals surface area contributed by atoms with Gasteiger partial charge in [-0.25, -0.2) is 0 Å². The standard InChI is InChI=1S/C21H24BrNO2/c1-3-4-16(17-5-8-19(22)9-6-17)11-13-23(2)25-20-10-7-18-12-14-24-21(18)15-20/h5-10,12,14-16H,3-4,11,13H2,1-2H3. The molecule has 3 aromatic rings. The van der Waals surface area contributed by atoms with Crippen LogP contribution in [0.4, 0.5) is 0 Å². The number of hydrogen-bond acceptors (Lipinski definition) is 3. The van der Waals surface area contributed by atoms with Crippen LogP contribution in [0.5, 0.6) is 5.75 Å². The van der Waals surface area contributed by atoms with E-state index in [9.17, 15) is 0 Å². The summed E-state index contributed by atoms with van der Waals surface area (Å²) >= 11 is 3.51. The van der Waals surface area contributed by atoms with Gasteiger partial charge in [-0.1, -0.05) is 41.4 Å². The summed E-state index contributed by atoms with van der Waals surface area (Å²) in [5, 5.41) is 3.00. The number of hydroxylamine groups is 2. The first kappa shape index (κ1) is 18.0. The van der Waals surface area contributed by atoms with Crippen LogP contribution in [0.15, 0.2) is 63.7 Å². The maximum atomic E-state index is 5.94. The maximum absolute atomic E-state index is 5.94. The molecule has 0 bridgehead atoms. The molecule has 3 nitrogen and oxygen atoms in total. The number of rotatable bonds is 8. The summed E-state index contributed by atoms with van der Waals surface area (Å²) in [5.41, 5.74) is 2.25. The molecular formula is C21H24BrNO2. The molecular weight excluding hydrogens is 378 g/mol. The molecule has 0 saturated heterocycles. The minimum absolute atomic E-state index is 0.553. The van der Waals surface area contributed by atoms with Crippen LogP contribution in [0, 0.1) is 0 Å². The van der Waals surface area contributed by atoms with E-state index in [2.05, 4.69) is 47.1 Å². The van der Waals surface area contributed by atoms with Crippen molar-refractivity contribution in [2.45, 2.75) is 32.1 Å². The van der Waals surface area contributed by atoms with Crippen LogP contribution in [0.1, 0.15) is 37.7 Å². The zero-order valence-corrected chi connectivity index (χ0v) is 16.3. The average Bonchev–Trinajstić information content (AvgIpc) is 3.07. The van der Waals surface area contributed by atoms with Gasteiger partial charge in [-0.2, -0.15) is 0 Å². The van der Waals surface area contributed by atoms with Crippen LogP contribution < -0.4 is 4.84 Å². The normalized spacial score (nSPS) is 12.6. The van der Waals surface area contributed by atoms with Crippen LogP contribution in [0.25, 0.3) is 11.0 Å². The summed E-state index contributed by atoms with van der Waals surface area (Å²) < 4.78 is 6.56. The Hall–Kier alpha value is -1.78. The number of halogens is 1. The van der Waals surface area contributed by atoms with Gasteiger partial charge in [-0.15, -0.1) is 5.06 Å². The average molecular weight is 402 g/mol. The summed E-state index contributed by atoms with van der Waals surface area (Å²) in [7, 11) is 1.98. The van der Waals surface area contributed by atoms with Gasteiger partial charge in [-0.05, 0) is 54.7 Å². The second kappa shape index (κ2) is 8.54. The minimum atomic E-state index is 0.553. The van der Waals surface area contributed by atoms with E-state index in [1.165, 1.54) is 18.4 Å². The Morgan fingerprint density at radius 1 is 1.08 bits per heavy atom. The second-order valence-corrected chi connectivity index (χ2v) is 7.30. The highest BCUT2D eigenvalue weighted by molar-refractivity contribution is 9.10. The van der Waals surface area contributed by atoms with Crippen molar-refractivity contribution < 1.29 is 9.25 Å². The Kier molecular flexibility index (Phi) is 6.16. The molecule has 0 fully saturated rings. The van der Waals surface area contributed by atoms with E-state index >= 15 is 0 Å². The van der Waals surface area contributed by atoms with Crippen molar-refractivity contribution in [3.63, 3.8) is 0 Å². The van der Waals surface area contributed by atoms with Crippen LogP contribution in [-0.4, -0.2) is 18.7 Å². The Morgan fingerprint density at radius 2 is 1.88 bits per heavy atom. The van der Waals surface area contributed by atoms with Crippen molar-refractivity contribution >= 4 is 26.9 Å². The van der Waals surface area contributed by atoms with E-state index in [0.29, 0.717) is 5.92 Å². The predicted octanol–water partition coefficient (Wildman–Crippen LogP) is 6.39. The topological polar surface area (TPSA) is 25.6 Å². The van der Waals surface area contributed by atoms with Crippen LogP contribution in [0.3, 0.4) is 0 Å². The fourth-order valence-corrected chi connectivity index (χ4v) is 3.38. The molecule has 0 aliphatic carbocycles. The Balaban J connectivity index is 1.58. The van der Waals surface area contributed by atoms with E-state index in [4.69, 9.17) is 9.25 Å². The Bertz CT molecular complexity index is 797. The molecule has 0 saturated carbocycles. The molecule has 0 aliphatic heterocycles. The minimum Gasteiger partial charge on any atom is -0.464 e. The predicted molar refractivity (Wildman–Crippen MR) is 106 cm³/mol. The van der Waals surface area contributed by atoms with Crippen molar-refractivity contribution in [1.29, 1.82) is 0 Å². The highest BCUT2D eigenvalue weighted by Crippen LogP contribution is 2.27. The second-order valence-electron chi connectivity index (χ2n) is 6.39. The van der Waals surface area contributed by atoms with Gasteiger partial charge < -0.3 is 9.25 Å². The third-order valence-corrected chi connectivity index (χ3v) is 4.99. The number of hydrogen-bond donors (Lipinski definition) is 0. The molecule has 1 heterocycles. The first-order valence-electron chi connectivity index (χ1n) is 8.77. The van der Waals surface area contributed by atoms with Crippen molar-refractivity contribution in [3.8, 4) is 5.75 Å². The lowest BCUT2D eigenvalue weighted by Gasteiger charge is -2.22. The van der Waals surface area contributed by atoms with E-state index < -0.39 is 0 Å². The van der Waals surface area contributed by atoms with Gasteiger partial charge in [0.2, 0.25) is 0 Å². The number of benzene rings is 2. The summed E-state index contributed by atoms with van der Waals surface area (Å²) in [6.07, 6.45) is 5.13. The van der Waals surface area contributed by atoms with Gasteiger partial charge >= 0.3 is 0 Å². The first-order valence-corrected chi connectivity index (χ1v) is 9.57. The highest BCUT2D eigenvalue weighted by atomic mass is 79.9. The molecule has 0 spiro atoms. The maximum Gasteiger partial charge on any atom is 0.151 e. The number of fused-ring (bicyclic) bond motifs is 1. The SMILES string of the molecule is CCCC(CCN(C)Oc1ccc2ccoc2c1)c1ccc(Br)cc1. The highest BCUT2D eigenvalue weighted by Gasteiger charge is 2.13. The lowest BCUT2D eigenvalue weighted by molar-refractivity contribution is -0.0338. The fraction of sp³-hybridized carbons (Fsp3) is 0.333. The van der Waals surface area contributed by atoms with Crippen LogP contribution in [0.2, 0.25) is 0 Å². The number of furan rings is 1. The fourth-order valence-electron chi connectivity index (χ4n) is 3.12. The summed E-state index contributed by atoms with van der Waals surface area (Å²) in [4.78, 5) is 5.94. The Morgan fingerprint density at radius 3 is 2.64 bits per heavy atom. The number of nitrogens with zero attached hydrogens (tertiary/aromatic N) is 1. The molecule has 0 N–H and O–H groups in total.